The Morgan fingerprint density at radius 1 is 0.935 bits per heavy atom. The molecule has 4 nitrogen and oxygen atoms in total. The third kappa shape index (κ3) is 4.67. The number of benzene rings is 2. The molecule has 0 aliphatic heterocycles. The highest BCUT2D eigenvalue weighted by Gasteiger charge is 2.23. The molecule has 0 fully saturated rings. The van der Waals surface area contributed by atoms with Crippen molar-refractivity contribution in [3.8, 4) is 0 Å². The molecule has 31 heavy (non-hydrogen) atoms. The van der Waals surface area contributed by atoms with Crippen molar-refractivity contribution in [2.24, 2.45) is 0 Å². The molecule has 0 spiro atoms. The molecule has 5 heteroatoms. The Bertz CT molecular complexity index is 1130. The lowest BCUT2D eigenvalue weighted by Crippen LogP contribution is -2.29. The average molecular weight is 481 g/mol. The fourth-order valence-corrected chi connectivity index (χ4v) is 4.73. The van der Waals surface area contributed by atoms with Gasteiger partial charge in [0.15, 0.2) is 0 Å². The third-order valence-electron chi connectivity index (χ3n) is 5.76. The lowest BCUT2D eigenvalue weighted by atomic mass is 10.0. The molecule has 1 N–H and O–H groups in total. The van der Waals surface area contributed by atoms with Crippen LogP contribution in [0, 0.1) is 6.92 Å². The van der Waals surface area contributed by atoms with Gasteiger partial charge in [-0.25, -0.2) is 0 Å². The first-order valence-electron chi connectivity index (χ1n) is 10.8. The van der Waals surface area contributed by atoms with Crippen LogP contribution in [0.3, 0.4) is 0 Å². The topological polar surface area (TPSA) is 51.1 Å². The first-order chi connectivity index (χ1) is 14.9. The molecule has 0 saturated heterocycles. The van der Waals surface area contributed by atoms with Gasteiger partial charge in [-0.3, -0.25) is 9.59 Å². The lowest BCUT2D eigenvalue weighted by Gasteiger charge is -2.21. The molecule has 1 aromatic heterocycles. The van der Waals surface area contributed by atoms with Crippen LogP contribution in [-0.2, 0) is 25.8 Å². The van der Waals surface area contributed by atoms with Gasteiger partial charge in [-0.05, 0) is 58.8 Å². The van der Waals surface area contributed by atoms with Crippen LogP contribution < -0.4 is 10.7 Å². The number of nitrogens with one attached hydrogen (secondary N) is 1. The summed E-state index contributed by atoms with van der Waals surface area (Å²) in [6, 6.07) is 16.1. The number of aromatic nitrogens is 1. The smallest absolute Gasteiger partial charge is 0.261 e. The standard InChI is InChI=1S/C26H29BrN2O2/c1-5-19-14-11-15-20(6-2)24(19)28-26(31)22-17(4)29(16-18-12-9-8-10-13-18)21(7-3)23(27)25(22)30/h8-15H,5-7,16H2,1-4H3,(H,28,31). The van der Waals surface area contributed by atoms with Crippen molar-refractivity contribution in [2.75, 3.05) is 5.32 Å². The molecular formula is C26H29BrN2O2. The van der Waals surface area contributed by atoms with Gasteiger partial charge in [-0.15, -0.1) is 0 Å². The highest BCUT2D eigenvalue weighted by Crippen LogP contribution is 2.25. The number of rotatable bonds is 7. The Hall–Kier alpha value is -2.66. The van der Waals surface area contributed by atoms with E-state index in [0.717, 1.165) is 40.9 Å². The quantitative estimate of drug-likeness (QED) is 0.456. The zero-order valence-corrected chi connectivity index (χ0v) is 20.2. The molecule has 1 heterocycles. The molecule has 3 aromatic rings. The Morgan fingerprint density at radius 3 is 2.10 bits per heavy atom. The summed E-state index contributed by atoms with van der Waals surface area (Å²) < 4.78 is 2.53. The Kier molecular flexibility index (Phi) is 7.50. The van der Waals surface area contributed by atoms with E-state index in [1.54, 1.807) is 0 Å². The number of anilines is 1. The zero-order valence-electron chi connectivity index (χ0n) is 18.6. The number of nitrogens with zero attached hydrogens (tertiary/aromatic N) is 1. The number of pyridine rings is 1. The maximum Gasteiger partial charge on any atom is 0.261 e. The predicted octanol–water partition coefficient (Wildman–Crippen LogP) is 5.91. The van der Waals surface area contributed by atoms with Gasteiger partial charge >= 0.3 is 0 Å². The van der Waals surface area contributed by atoms with Crippen LogP contribution in [0.5, 0.6) is 0 Å². The van der Waals surface area contributed by atoms with E-state index in [4.69, 9.17) is 0 Å². The van der Waals surface area contributed by atoms with E-state index in [1.807, 2.05) is 50.2 Å². The van der Waals surface area contributed by atoms with E-state index in [-0.39, 0.29) is 16.9 Å². The summed E-state index contributed by atoms with van der Waals surface area (Å²) in [5.74, 6) is -0.358. The maximum absolute atomic E-state index is 13.4. The molecule has 0 aliphatic carbocycles. The number of hydrogen-bond donors (Lipinski definition) is 1. The first-order valence-corrected chi connectivity index (χ1v) is 11.6. The maximum atomic E-state index is 13.4. The monoisotopic (exact) mass is 480 g/mol. The van der Waals surface area contributed by atoms with Crippen molar-refractivity contribution in [2.45, 2.75) is 53.5 Å². The van der Waals surface area contributed by atoms with E-state index in [0.29, 0.717) is 23.1 Å². The van der Waals surface area contributed by atoms with Gasteiger partial charge in [-0.1, -0.05) is 69.3 Å². The number of carbonyl (C=O) groups excluding carboxylic acids is 1. The summed E-state index contributed by atoms with van der Waals surface area (Å²) in [6.07, 6.45) is 2.29. The van der Waals surface area contributed by atoms with Gasteiger partial charge in [0.2, 0.25) is 5.43 Å². The zero-order chi connectivity index (χ0) is 22.5. The molecule has 0 bridgehead atoms. The summed E-state index contributed by atoms with van der Waals surface area (Å²) in [7, 11) is 0. The van der Waals surface area contributed by atoms with E-state index < -0.39 is 0 Å². The van der Waals surface area contributed by atoms with Crippen LogP contribution in [0.25, 0.3) is 0 Å². The average Bonchev–Trinajstić information content (AvgIpc) is 2.78. The van der Waals surface area contributed by atoms with Gasteiger partial charge < -0.3 is 9.88 Å². The molecule has 162 valence electrons. The van der Waals surface area contributed by atoms with Crippen molar-refractivity contribution in [1.29, 1.82) is 0 Å². The summed E-state index contributed by atoms with van der Waals surface area (Å²) >= 11 is 3.49. The van der Waals surface area contributed by atoms with Crippen LogP contribution in [-0.4, -0.2) is 10.5 Å². The number of aryl methyl sites for hydroxylation is 2. The lowest BCUT2D eigenvalue weighted by molar-refractivity contribution is 0.102. The molecule has 2 aromatic carbocycles. The molecular weight excluding hydrogens is 452 g/mol. The van der Waals surface area contributed by atoms with Gasteiger partial charge in [0.05, 0.1) is 4.47 Å². The van der Waals surface area contributed by atoms with Crippen molar-refractivity contribution in [3.05, 3.63) is 96.9 Å². The highest BCUT2D eigenvalue weighted by molar-refractivity contribution is 9.10. The summed E-state index contributed by atoms with van der Waals surface area (Å²) in [5.41, 5.74) is 5.58. The van der Waals surface area contributed by atoms with Crippen LogP contribution in [0.1, 0.15) is 59.2 Å². The summed E-state index contributed by atoms with van der Waals surface area (Å²) in [4.78, 5) is 26.6. The van der Waals surface area contributed by atoms with Gasteiger partial charge in [0.1, 0.15) is 5.56 Å². The van der Waals surface area contributed by atoms with E-state index in [2.05, 4.69) is 51.8 Å². The van der Waals surface area contributed by atoms with Crippen molar-refractivity contribution in [1.82, 2.24) is 4.57 Å². The van der Waals surface area contributed by atoms with Gasteiger partial charge in [0.25, 0.3) is 5.91 Å². The van der Waals surface area contributed by atoms with Crippen molar-refractivity contribution < 1.29 is 4.79 Å². The Morgan fingerprint density at radius 2 is 1.55 bits per heavy atom. The number of hydrogen-bond acceptors (Lipinski definition) is 2. The second kappa shape index (κ2) is 10.1. The fourth-order valence-electron chi connectivity index (χ4n) is 4.03. The minimum absolute atomic E-state index is 0.188. The van der Waals surface area contributed by atoms with Crippen molar-refractivity contribution >= 4 is 27.5 Å². The molecule has 0 atom stereocenters. The van der Waals surface area contributed by atoms with Crippen LogP contribution in [0.4, 0.5) is 5.69 Å². The highest BCUT2D eigenvalue weighted by atomic mass is 79.9. The third-order valence-corrected chi connectivity index (χ3v) is 6.57. The molecule has 0 saturated carbocycles. The van der Waals surface area contributed by atoms with Crippen molar-refractivity contribution in [3.63, 3.8) is 0 Å². The molecule has 3 rings (SSSR count). The number of para-hydroxylation sites is 1. The van der Waals surface area contributed by atoms with Crippen LogP contribution >= 0.6 is 15.9 Å². The predicted molar refractivity (Wildman–Crippen MR) is 131 cm³/mol. The van der Waals surface area contributed by atoms with E-state index >= 15 is 0 Å². The van der Waals surface area contributed by atoms with Gasteiger partial charge in [0, 0.05) is 23.6 Å². The second-order valence-electron chi connectivity index (χ2n) is 7.59. The molecule has 1 amide bonds. The van der Waals surface area contributed by atoms with E-state index in [9.17, 15) is 9.59 Å². The number of amides is 1. The normalized spacial score (nSPS) is 10.9. The van der Waals surface area contributed by atoms with E-state index in [1.165, 1.54) is 0 Å². The first kappa shape index (κ1) is 23.0. The van der Waals surface area contributed by atoms with Crippen LogP contribution in [0.15, 0.2) is 57.8 Å². The molecule has 0 aliphatic rings. The van der Waals surface area contributed by atoms with Gasteiger partial charge in [-0.2, -0.15) is 0 Å². The largest absolute Gasteiger partial charge is 0.342 e. The summed E-state index contributed by atoms with van der Waals surface area (Å²) in [5, 5.41) is 3.06. The molecule has 0 radical (unpaired) electrons. The Balaban J connectivity index is 2.12. The number of halogens is 1. The minimum Gasteiger partial charge on any atom is -0.342 e. The minimum atomic E-state index is -0.358. The summed E-state index contributed by atoms with van der Waals surface area (Å²) in [6.45, 7) is 8.60. The second-order valence-corrected chi connectivity index (χ2v) is 8.38. The fraction of sp³-hybridized carbons (Fsp3) is 0.308. The number of carbonyl (C=O) groups is 1. The molecule has 0 unspecified atom stereocenters. The van der Waals surface area contributed by atoms with Crippen LogP contribution in [0.2, 0.25) is 0 Å². The SMILES string of the molecule is CCc1cccc(CC)c1NC(=O)c1c(C)n(Cc2ccccc2)c(CC)c(Br)c1=O. The Labute approximate surface area is 192 Å².